The molecule has 1 rings (SSSR count). The van der Waals surface area contributed by atoms with Gasteiger partial charge in [-0.05, 0) is 58.4 Å². The van der Waals surface area contributed by atoms with E-state index in [9.17, 15) is 0 Å². The van der Waals surface area contributed by atoms with Gasteiger partial charge in [0.2, 0.25) is 0 Å². The Morgan fingerprint density at radius 1 is 1.13 bits per heavy atom. The van der Waals surface area contributed by atoms with E-state index in [1.807, 2.05) is 0 Å². The minimum absolute atomic E-state index is 0.823. The van der Waals surface area contributed by atoms with Crippen LogP contribution in [0.25, 0.3) is 0 Å². The molecule has 0 aromatic carbocycles. The smallest absolute Gasteiger partial charge is 0.0109 e. The molecule has 0 aromatic heterocycles. The molecule has 0 amide bonds. The highest BCUT2D eigenvalue weighted by molar-refractivity contribution is 4.68. The lowest BCUT2D eigenvalue weighted by molar-refractivity contribution is 0.224. The molecule has 1 aliphatic rings. The molecule has 1 heterocycles. The van der Waals surface area contributed by atoms with Crippen LogP contribution < -0.4 is 5.73 Å². The van der Waals surface area contributed by atoms with Gasteiger partial charge in [-0.1, -0.05) is 6.92 Å². The van der Waals surface area contributed by atoms with Gasteiger partial charge in [0.05, 0.1) is 0 Å². The molecule has 0 aromatic rings. The first-order chi connectivity index (χ1) is 7.36. The van der Waals surface area contributed by atoms with Gasteiger partial charge in [-0.25, -0.2) is 0 Å². The van der Waals surface area contributed by atoms with Gasteiger partial charge < -0.3 is 15.5 Å². The van der Waals surface area contributed by atoms with Crippen molar-refractivity contribution in [3.05, 3.63) is 0 Å². The van der Waals surface area contributed by atoms with Crippen molar-refractivity contribution in [1.29, 1.82) is 0 Å². The maximum absolute atomic E-state index is 5.55. The van der Waals surface area contributed by atoms with Gasteiger partial charge in [0.1, 0.15) is 0 Å². The minimum Gasteiger partial charge on any atom is -0.330 e. The summed E-state index contributed by atoms with van der Waals surface area (Å²) in [5.41, 5.74) is 5.55. The summed E-state index contributed by atoms with van der Waals surface area (Å²) >= 11 is 0. The van der Waals surface area contributed by atoms with Gasteiger partial charge in [0.15, 0.2) is 0 Å². The topological polar surface area (TPSA) is 32.5 Å². The Morgan fingerprint density at radius 2 is 1.87 bits per heavy atom. The summed E-state index contributed by atoms with van der Waals surface area (Å²) in [5.74, 6) is 0. The fourth-order valence-electron chi connectivity index (χ4n) is 2.26. The van der Waals surface area contributed by atoms with E-state index in [4.69, 9.17) is 5.73 Å². The predicted octanol–water partition coefficient (Wildman–Crippen LogP) is 1.14. The maximum Gasteiger partial charge on any atom is 0.0109 e. The van der Waals surface area contributed by atoms with Gasteiger partial charge >= 0.3 is 0 Å². The molecule has 0 saturated carbocycles. The molecule has 3 heteroatoms. The number of rotatable bonds is 8. The van der Waals surface area contributed by atoms with Gasteiger partial charge in [0.25, 0.3) is 0 Å². The number of nitrogens with two attached hydrogens (primary N) is 1. The third-order valence-electron chi connectivity index (χ3n) is 3.15. The van der Waals surface area contributed by atoms with Crippen molar-refractivity contribution in [3.8, 4) is 0 Å². The van der Waals surface area contributed by atoms with E-state index in [1.54, 1.807) is 0 Å². The monoisotopic (exact) mass is 213 g/mol. The van der Waals surface area contributed by atoms with Gasteiger partial charge in [0, 0.05) is 13.1 Å². The normalized spacial score (nSPS) is 17.8. The van der Waals surface area contributed by atoms with Crippen molar-refractivity contribution < 1.29 is 0 Å². The summed E-state index contributed by atoms with van der Waals surface area (Å²) in [6.45, 7) is 10.6. The van der Waals surface area contributed by atoms with Crippen LogP contribution in [0.1, 0.15) is 32.6 Å². The Balaban J connectivity index is 2.11. The van der Waals surface area contributed by atoms with Crippen LogP contribution in [0.5, 0.6) is 0 Å². The molecule has 0 spiro atoms. The Morgan fingerprint density at radius 3 is 2.47 bits per heavy atom. The Bertz CT molecular complexity index is 144. The molecule has 0 radical (unpaired) electrons. The molecule has 90 valence electrons. The highest BCUT2D eigenvalue weighted by Gasteiger charge is 2.12. The molecule has 1 saturated heterocycles. The summed E-state index contributed by atoms with van der Waals surface area (Å²) in [6.07, 6.45) is 5.19. The first-order valence-electron chi connectivity index (χ1n) is 6.51. The first kappa shape index (κ1) is 12.9. The average Bonchev–Trinajstić information content (AvgIpc) is 2.75. The summed E-state index contributed by atoms with van der Waals surface area (Å²) in [4.78, 5) is 5.15. The molecule has 1 fully saturated rings. The van der Waals surface area contributed by atoms with Crippen LogP contribution in [0.3, 0.4) is 0 Å². The maximum atomic E-state index is 5.55. The number of hydrogen-bond donors (Lipinski definition) is 1. The summed E-state index contributed by atoms with van der Waals surface area (Å²) < 4.78 is 0. The second-order valence-electron chi connectivity index (χ2n) is 4.53. The van der Waals surface area contributed by atoms with Crippen molar-refractivity contribution in [2.75, 3.05) is 45.8 Å². The molecular weight excluding hydrogens is 186 g/mol. The van der Waals surface area contributed by atoms with Crippen molar-refractivity contribution in [3.63, 3.8) is 0 Å². The van der Waals surface area contributed by atoms with Crippen LogP contribution >= 0.6 is 0 Å². The number of hydrogen-bond acceptors (Lipinski definition) is 3. The molecule has 0 aliphatic carbocycles. The standard InChI is InChI=1S/C12H27N3/c1-2-7-14(10-5-6-13)11-12-15-8-3-4-9-15/h2-13H2,1H3. The lowest BCUT2D eigenvalue weighted by atomic mass is 10.3. The zero-order valence-corrected chi connectivity index (χ0v) is 10.2. The average molecular weight is 213 g/mol. The largest absolute Gasteiger partial charge is 0.330 e. The first-order valence-corrected chi connectivity index (χ1v) is 6.51. The van der Waals surface area contributed by atoms with E-state index in [1.165, 1.54) is 58.5 Å². The molecule has 1 aliphatic heterocycles. The predicted molar refractivity (Wildman–Crippen MR) is 66.1 cm³/mol. The lowest BCUT2D eigenvalue weighted by Gasteiger charge is -2.24. The van der Waals surface area contributed by atoms with Crippen LogP contribution in [-0.4, -0.2) is 55.6 Å². The quantitative estimate of drug-likeness (QED) is 0.656. The molecule has 3 nitrogen and oxygen atoms in total. The summed E-state index contributed by atoms with van der Waals surface area (Å²) in [6, 6.07) is 0. The number of likely N-dealkylation sites (tertiary alicyclic amines) is 1. The summed E-state index contributed by atoms with van der Waals surface area (Å²) in [7, 11) is 0. The second-order valence-corrected chi connectivity index (χ2v) is 4.53. The van der Waals surface area contributed by atoms with E-state index in [2.05, 4.69) is 16.7 Å². The second kappa shape index (κ2) is 8.08. The lowest BCUT2D eigenvalue weighted by Crippen LogP contribution is -2.35. The number of nitrogens with zero attached hydrogens (tertiary/aromatic N) is 2. The van der Waals surface area contributed by atoms with Crippen molar-refractivity contribution >= 4 is 0 Å². The van der Waals surface area contributed by atoms with Gasteiger partial charge in [-0.2, -0.15) is 0 Å². The van der Waals surface area contributed by atoms with Crippen molar-refractivity contribution in [1.82, 2.24) is 9.80 Å². The third kappa shape index (κ3) is 5.50. The van der Waals surface area contributed by atoms with Crippen molar-refractivity contribution in [2.45, 2.75) is 32.6 Å². The van der Waals surface area contributed by atoms with Crippen LogP contribution in [0.2, 0.25) is 0 Å². The molecule has 0 atom stereocenters. The summed E-state index contributed by atoms with van der Waals surface area (Å²) in [5, 5.41) is 0. The fraction of sp³-hybridized carbons (Fsp3) is 1.00. The molecular formula is C12H27N3. The minimum atomic E-state index is 0.823. The van der Waals surface area contributed by atoms with Crippen LogP contribution in [0.4, 0.5) is 0 Å². The Kier molecular flexibility index (Phi) is 6.98. The fourth-order valence-corrected chi connectivity index (χ4v) is 2.26. The zero-order chi connectivity index (χ0) is 10.9. The molecule has 15 heavy (non-hydrogen) atoms. The van der Waals surface area contributed by atoms with E-state index < -0.39 is 0 Å². The highest BCUT2D eigenvalue weighted by atomic mass is 15.2. The Labute approximate surface area is 94.6 Å². The SMILES string of the molecule is CCCN(CCCN)CCN1CCCC1. The van der Waals surface area contributed by atoms with Gasteiger partial charge in [-0.15, -0.1) is 0 Å². The highest BCUT2D eigenvalue weighted by Crippen LogP contribution is 2.06. The zero-order valence-electron chi connectivity index (χ0n) is 10.2. The van der Waals surface area contributed by atoms with Crippen molar-refractivity contribution in [2.24, 2.45) is 5.73 Å². The Hall–Kier alpha value is -0.120. The molecule has 0 unspecified atom stereocenters. The van der Waals surface area contributed by atoms with E-state index in [0.29, 0.717) is 0 Å². The molecule has 2 N–H and O–H groups in total. The molecule has 0 bridgehead atoms. The van der Waals surface area contributed by atoms with Gasteiger partial charge in [-0.3, -0.25) is 0 Å². The van der Waals surface area contributed by atoms with E-state index in [0.717, 1.165) is 13.0 Å². The van der Waals surface area contributed by atoms with E-state index in [-0.39, 0.29) is 0 Å². The van der Waals surface area contributed by atoms with Crippen LogP contribution in [-0.2, 0) is 0 Å². The van der Waals surface area contributed by atoms with Crippen LogP contribution in [0, 0.1) is 0 Å². The third-order valence-corrected chi connectivity index (χ3v) is 3.15. The van der Waals surface area contributed by atoms with Crippen LogP contribution in [0.15, 0.2) is 0 Å². The van der Waals surface area contributed by atoms with E-state index >= 15 is 0 Å².